The Labute approximate surface area is 171 Å². The van der Waals surface area contributed by atoms with Crippen molar-refractivity contribution in [3.05, 3.63) is 42.5 Å². The third-order valence-electron chi connectivity index (χ3n) is 5.71. The molecule has 2 aromatic rings. The summed E-state index contributed by atoms with van der Waals surface area (Å²) < 4.78 is 11.1. The number of aliphatic hydroxyl groups excluding tert-OH is 1. The first-order valence-corrected chi connectivity index (χ1v) is 10.4. The highest BCUT2D eigenvalue weighted by Gasteiger charge is 2.29. The van der Waals surface area contributed by atoms with Crippen molar-refractivity contribution >= 4 is 16.8 Å². The molecule has 2 heterocycles. The van der Waals surface area contributed by atoms with E-state index in [0.717, 1.165) is 37.3 Å². The third-order valence-corrected chi connectivity index (χ3v) is 5.71. The van der Waals surface area contributed by atoms with Crippen molar-refractivity contribution in [1.29, 1.82) is 0 Å². The zero-order valence-corrected chi connectivity index (χ0v) is 16.8. The van der Waals surface area contributed by atoms with E-state index in [9.17, 15) is 9.90 Å². The van der Waals surface area contributed by atoms with Crippen LogP contribution in [0.2, 0.25) is 0 Å². The van der Waals surface area contributed by atoms with Crippen LogP contribution in [0.25, 0.3) is 10.8 Å². The van der Waals surface area contributed by atoms with E-state index in [0.29, 0.717) is 32.8 Å². The predicted octanol–water partition coefficient (Wildman–Crippen LogP) is 0.232. The van der Waals surface area contributed by atoms with Crippen LogP contribution in [0.4, 0.5) is 4.79 Å². The summed E-state index contributed by atoms with van der Waals surface area (Å²) in [4.78, 5) is 17.7. The minimum atomic E-state index is -0.530. The van der Waals surface area contributed by atoms with Gasteiger partial charge in [0.05, 0.1) is 39.4 Å². The number of aliphatic hydroxyl groups is 1. The maximum absolute atomic E-state index is 12.6. The largest absolute Gasteiger partial charge is 0.491 e. The van der Waals surface area contributed by atoms with Crippen LogP contribution in [-0.2, 0) is 4.74 Å². The van der Waals surface area contributed by atoms with Crippen LogP contribution in [0.3, 0.4) is 0 Å². The maximum atomic E-state index is 12.6. The number of amides is 2. The number of nitrogens with zero attached hydrogens (tertiary/aromatic N) is 2. The van der Waals surface area contributed by atoms with Crippen molar-refractivity contribution in [2.75, 3.05) is 65.6 Å². The lowest BCUT2D eigenvalue weighted by Crippen LogP contribution is -3.16. The lowest BCUT2D eigenvalue weighted by atomic mass is 10.1. The molecule has 2 aromatic carbocycles. The molecule has 7 nitrogen and oxygen atoms in total. The Morgan fingerprint density at radius 2 is 1.72 bits per heavy atom. The molecule has 2 aliphatic heterocycles. The molecule has 2 fully saturated rings. The molecule has 7 heteroatoms. The average Bonchev–Trinajstić information content (AvgIpc) is 2.78. The second kappa shape index (κ2) is 9.43. The number of carbonyl (C=O) groups excluding carboxylic acids is 1. The number of urea groups is 1. The van der Waals surface area contributed by atoms with E-state index < -0.39 is 6.10 Å². The zero-order valence-electron chi connectivity index (χ0n) is 16.8. The molecule has 2 N–H and O–H groups in total. The molecule has 0 radical (unpaired) electrons. The Bertz CT molecular complexity index is 817. The Balaban J connectivity index is 1.20. The first-order valence-electron chi connectivity index (χ1n) is 10.4. The Kier molecular flexibility index (Phi) is 6.49. The molecule has 0 bridgehead atoms. The van der Waals surface area contributed by atoms with Gasteiger partial charge in [-0.25, -0.2) is 4.79 Å². The molecule has 0 aliphatic carbocycles. The summed E-state index contributed by atoms with van der Waals surface area (Å²) in [5.41, 5.74) is 0. The van der Waals surface area contributed by atoms with Gasteiger partial charge in [0.25, 0.3) is 0 Å². The molecule has 0 aromatic heterocycles. The van der Waals surface area contributed by atoms with Crippen LogP contribution in [0, 0.1) is 0 Å². The van der Waals surface area contributed by atoms with Crippen molar-refractivity contribution in [1.82, 2.24) is 9.80 Å². The van der Waals surface area contributed by atoms with Gasteiger partial charge in [0.15, 0.2) is 0 Å². The molecule has 2 saturated heterocycles. The first-order chi connectivity index (χ1) is 14.2. The Morgan fingerprint density at radius 1 is 1.03 bits per heavy atom. The summed E-state index contributed by atoms with van der Waals surface area (Å²) in [5, 5.41) is 12.7. The number of benzene rings is 2. The summed E-state index contributed by atoms with van der Waals surface area (Å²) in [6, 6.07) is 14.3. The number of rotatable bonds is 5. The molecule has 0 spiro atoms. The van der Waals surface area contributed by atoms with Gasteiger partial charge in [0, 0.05) is 13.1 Å². The van der Waals surface area contributed by atoms with Gasteiger partial charge in [0.1, 0.15) is 25.0 Å². The van der Waals surface area contributed by atoms with E-state index in [-0.39, 0.29) is 12.6 Å². The number of piperazine rings is 1. The highest BCUT2D eigenvalue weighted by molar-refractivity contribution is 5.83. The number of fused-ring (bicyclic) bond motifs is 1. The van der Waals surface area contributed by atoms with Crippen molar-refractivity contribution in [2.24, 2.45) is 0 Å². The fourth-order valence-corrected chi connectivity index (χ4v) is 4.01. The van der Waals surface area contributed by atoms with E-state index in [1.54, 1.807) is 0 Å². The SMILES string of the molecule is O=C(N1CCOCC1)N1CC[NH+](C[C@@H](O)COc2ccc3ccccc3c2)CC1. The number of morpholine rings is 1. The second-order valence-corrected chi connectivity index (χ2v) is 7.80. The zero-order chi connectivity index (χ0) is 20.1. The fourth-order valence-electron chi connectivity index (χ4n) is 4.01. The highest BCUT2D eigenvalue weighted by Crippen LogP contribution is 2.20. The van der Waals surface area contributed by atoms with E-state index in [1.165, 1.54) is 10.3 Å². The average molecular weight is 400 g/mol. The van der Waals surface area contributed by atoms with Crippen LogP contribution in [0.15, 0.2) is 42.5 Å². The molecule has 4 rings (SSSR count). The van der Waals surface area contributed by atoms with Crippen LogP contribution in [0.5, 0.6) is 5.75 Å². The van der Waals surface area contributed by atoms with Crippen molar-refractivity contribution in [3.8, 4) is 5.75 Å². The monoisotopic (exact) mass is 400 g/mol. The summed E-state index contributed by atoms with van der Waals surface area (Å²) in [6.07, 6.45) is -0.530. The normalized spacial score (nSPS) is 19.3. The molecular formula is C22H30N3O4+. The number of nitrogens with one attached hydrogen (secondary N) is 1. The lowest BCUT2D eigenvalue weighted by molar-refractivity contribution is -0.907. The van der Waals surface area contributed by atoms with Gasteiger partial charge in [-0.05, 0) is 22.9 Å². The minimum Gasteiger partial charge on any atom is -0.491 e. The van der Waals surface area contributed by atoms with Crippen molar-refractivity contribution < 1.29 is 24.3 Å². The van der Waals surface area contributed by atoms with Crippen LogP contribution >= 0.6 is 0 Å². The van der Waals surface area contributed by atoms with Crippen LogP contribution in [-0.4, -0.2) is 92.7 Å². The molecule has 2 aliphatic rings. The number of carbonyl (C=O) groups is 1. The quantitative estimate of drug-likeness (QED) is 0.754. The van der Waals surface area contributed by atoms with Gasteiger partial charge < -0.3 is 29.3 Å². The maximum Gasteiger partial charge on any atom is 0.320 e. The minimum absolute atomic E-state index is 0.118. The van der Waals surface area contributed by atoms with E-state index >= 15 is 0 Å². The summed E-state index contributed by atoms with van der Waals surface area (Å²) in [6.45, 7) is 6.67. The van der Waals surface area contributed by atoms with Gasteiger partial charge in [0.2, 0.25) is 0 Å². The summed E-state index contributed by atoms with van der Waals surface area (Å²) in [5.74, 6) is 0.777. The summed E-state index contributed by atoms with van der Waals surface area (Å²) >= 11 is 0. The van der Waals surface area contributed by atoms with Gasteiger partial charge >= 0.3 is 6.03 Å². The second-order valence-electron chi connectivity index (χ2n) is 7.80. The predicted molar refractivity (Wildman–Crippen MR) is 110 cm³/mol. The lowest BCUT2D eigenvalue weighted by Gasteiger charge is -2.37. The van der Waals surface area contributed by atoms with Gasteiger partial charge in [-0.3, -0.25) is 0 Å². The van der Waals surface area contributed by atoms with E-state index in [1.807, 2.05) is 40.1 Å². The molecule has 0 saturated carbocycles. The number of hydrogen-bond donors (Lipinski definition) is 2. The number of ether oxygens (including phenoxy) is 2. The van der Waals surface area contributed by atoms with Crippen molar-refractivity contribution in [3.63, 3.8) is 0 Å². The molecular weight excluding hydrogens is 370 g/mol. The number of quaternary nitrogens is 1. The van der Waals surface area contributed by atoms with E-state index in [4.69, 9.17) is 9.47 Å². The van der Waals surface area contributed by atoms with Gasteiger partial charge in [-0.1, -0.05) is 30.3 Å². The highest BCUT2D eigenvalue weighted by atomic mass is 16.5. The Hall–Kier alpha value is -2.35. The molecule has 2 amide bonds. The molecule has 29 heavy (non-hydrogen) atoms. The van der Waals surface area contributed by atoms with E-state index in [2.05, 4.69) is 12.1 Å². The standard InChI is InChI=1S/C22H29N3O4/c26-20(17-29-21-6-5-18-3-1-2-4-19(18)15-21)16-23-7-9-24(10-8-23)22(27)25-11-13-28-14-12-25/h1-6,15,20,26H,7-14,16-17H2/p+1/t20-/m1/s1. The van der Waals surface area contributed by atoms with Crippen molar-refractivity contribution in [2.45, 2.75) is 6.10 Å². The van der Waals surface area contributed by atoms with Gasteiger partial charge in [-0.15, -0.1) is 0 Å². The fraction of sp³-hybridized carbons (Fsp3) is 0.500. The molecule has 0 unspecified atom stereocenters. The molecule has 1 atom stereocenters. The smallest absolute Gasteiger partial charge is 0.320 e. The topological polar surface area (TPSA) is 66.7 Å². The summed E-state index contributed by atoms with van der Waals surface area (Å²) in [7, 11) is 0. The third kappa shape index (κ3) is 5.18. The van der Waals surface area contributed by atoms with Crippen LogP contribution < -0.4 is 9.64 Å². The number of hydrogen-bond acceptors (Lipinski definition) is 4. The Morgan fingerprint density at radius 3 is 2.48 bits per heavy atom. The first kappa shape index (κ1) is 19.9. The van der Waals surface area contributed by atoms with Crippen LogP contribution in [0.1, 0.15) is 0 Å². The van der Waals surface area contributed by atoms with Gasteiger partial charge in [-0.2, -0.15) is 0 Å². The molecule has 156 valence electrons.